The molecule has 1 aliphatic heterocycles. The molecule has 0 bridgehead atoms. The molecule has 0 saturated carbocycles. The smallest absolute Gasteiger partial charge is 0.289 e. The fourth-order valence-electron chi connectivity index (χ4n) is 2.97. The van der Waals surface area contributed by atoms with Crippen LogP contribution < -0.4 is 4.90 Å². The van der Waals surface area contributed by atoms with Gasteiger partial charge in [0.1, 0.15) is 5.82 Å². The van der Waals surface area contributed by atoms with E-state index in [1.54, 1.807) is 12.1 Å². The molecule has 1 fully saturated rings. The number of halogens is 1. The molecule has 2 aromatic heterocycles. The Labute approximate surface area is 148 Å². The Kier molecular flexibility index (Phi) is 3.98. The van der Waals surface area contributed by atoms with Gasteiger partial charge in [-0.2, -0.15) is 0 Å². The van der Waals surface area contributed by atoms with Crippen LogP contribution in [-0.4, -0.2) is 42.0 Å². The Morgan fingerprint density at radius 2 is 1.88 bits per heavy atom. The first kappa shape index (κ1) is 15.2. The third-order valence-corrected chi connectivity index (χ3v) is 4.92. The van der Waals surface area contributed by atoms with Crippen molar-refractivity contribution >= 4 is 38.6 Å². The van der Waals surface area contributed by atoms with E-state index in [2.05, 4.69) is 33.0 Å². The van der Waals surface area contributed by atoms with Gasteiger partial charge in [-0.05, 0) is 46.3 Å². The topological polar surface area (TPSA) is 49.6 Å². The molecule has 0 radical (unpaired) electrons. The number of carbonyl (C=O) groups excluding carboxylic acids is 1. The number of benzene rings is 1. The molecule has 4 rings (SSSR count). The maximum Gasteiger partial charge on any atom is 0.289 e. The Hall–Kier alpha value is -2.34. The summed E-state index contributed by atoms with van der Waals surface area (Å²) in [4.78, 5) is 21.1. The van der Waals surface area contributed by atoms with Gasteiger partial charge in [-0.15, -0.1) is 0 Å². The van der Waals surface area contributed by atoms with E-state index in [1.807, 2.05) is 23.1 Å². The highest BCUT2D eigenvalue weighted by atomic mass is 79.9. The van der Waals surface area contributed by atoms with Crippen molar-refractivity contribution in [3.8, 4) is 0 Å². The van der Waals surface area contributed by atoms with Crippen LogP contribution >= 0.6 is 15.9 Å². The summed E-state index contributed by atoms with van der Waals surface area (Å²) in [6.07, 6.45) is 1.53. The standard InChI is InChI=1S/C18H16BrN3O2/c19-14-4-1-3-13-6-7-16(20-17(13)14)21-8-10-22(11-9-21)18(23)15-5-2-12-24-15/h1-7,12H,8-11H2. The number of fused-ring (bicyclic) bond motifs is 1. The Morgan fingerprint density at radius 1 is 1.04 bits per heavy atom. The number of anilines is 1. The van der Waals surface area contributed by atoms with E-state index in [-0.39, 0.29) is 5.91 Å². The molecule has 3 aromatic rings. The van der Waals surface area contributed by atoms with Crippen LogP contribution in [0.15, 0.2) is 57.6 Å². The van der Waals surface area contributed by atoms with Crippen molar-refractivity contribution in [1.82, 2.24) is 9.88 Å². The molecule has 0 spiro atoms. The second-order valence-electron chi connectivity index (χ2n) is 5.74. The highest BCUT2D eigenvalue weighted by Crippen LogP contribution is 2.25. The van der Waals surface area contributed by atoms with Gasteiger partial charge in [0.25, 0.3) is 5.91 Å². The van der Waals surface area contributed by atoms with Crippen LogP contribution in [0.2, 0.25) is 0 Å². The van der Waals surface area contributed by atoms with E-state index in [0.717, 1.165) is 34.3 Å². The fraction of sp³-hybridized carbons (Fsp3) is 0.222. The number of aromatic nitrogens is 1. The van der Waals surface area contributed by atoms with Gasteiger partial charge in [-0.25, -0.2) is 4.98 Å². The van der Waals surface area contributed by atoms with Crippen molar-refractivity contribution in [3.05, 3.63) is 59.0 Å². The molecule has 0 aliphatic carbocycles. The molecule has 1 saturated heterocycles. The van der Waals surface area contributed by atoms with Crippen LogP contribution in [0.5, 0.6) is 0 Å². The number of para-hydroxylation sites is 1. The first-order valence-electron chi connectivity index (χ1n) is 7.85. The summed E-state index contributed by atoms with van der Waals surface area (Å²) in [7, 11) is 0. The minimum absolute atomic E-state index is 0.0473. The van der Waals surface area contributed by atoms with Crippen LogP contribution in [0.25, 0.3) is 10.9 Å². The summed E-state index contributed by atoms with van der Waals surface area (Å²) in [5, 5.41) is 1.11. The molecule has 0 atom stereocenters. The monoisotopic (exact) mass is 385 g/mol. The second kappa shape index (κ2) is 6.28. The molecule has 24 heavy (non-hydrogen) atoms. The highest BCUT2D eigenvalue weighted by Gasteiger charge is 2.24. The van der Waals surface area contributed by atoms with Gasteiger partial charge in [-0.1, -0.05) is 12.1 Å². The largest absolute Gasteiger partial charge is 0.459 e. The lowest BCUT2D eigenvalue weighted by Gasteiger charge is -2.35. The molecule has 1 amide bonds. The zero-order chi connectivity index (χ0) is 16.5. The van der Waals surface area contributed by atoms with Gasteiger partial charge < -0.3 is 14.2 Å². The highest BCUT2D eigenvalue weighted by molar-refractivity contribution is 9.10. The lowest BCUT2D eigenvalue weighted by atomic mass is 10.2. The molecule has 122 valence electrons. The van der Waals surface area contributed by atoms with Gasteiger partial charge in [0.05, 0.1) is 11.8 Å². The number of hydrogen-bond acceptors (Lipinski definition) is 4. The van der Waals surface area contributed by atoms with E-state index < -0.39 is 0 Å². The summed E-state index contributed by atoms with van der Waals surface area (Å²) in [5.74, 6) is 1.30. The molecule has 5 nitrogen and oxygen atoms in total. The molecular weight excluding hydrogens is 370 g/mol. The van der Waals surface area contributed by atoms with Crippen LogP contribution in [0.4, 0.5) is 5.82 Å². The molecule has 0 unspecified atom stereocenters. The Morgan fingerprint density at radius 3 is 2.62 bits per heavy atom. The molecule has 0 N–H and O–H groups in total. The molecular formula is C18H16BrN3O2. The SMILES string of the molecule is O=C(c1ccco1)N1CCN(c2ccc3cccc(Br)c3n2)CC1. The number of carbonyl (C=O) groups is 1. The van der Waals surface area contributed by atoms with E-state index in [9.17, 15) is 4.79 Å². The summed E-state index contributed by atoms with van der Waals surface area (Å²) in [6.45, 7) is 2.84. The van der Waals surface area contributed by atoms with Crippen molar-refractivity contribution < 1.29 is 9.21 Å². The summed E-state index contributed by atoms with van der Waals surface area (Å²) >= 11 is 3.56. The first-order valence-corrected chi connectivity index (χ1v) is 8.65. The zero-order valence-corrected chi connectivity index (χ0v) is 14.6. The van der Waals surface area contributed by atoms with Crippen molar-refractivity contribution in [2.75, 3.05) is 31.1 Å². The van der Waals surface area contributed by atoms with Crippen LogP contribution in [0.1, 0.15) is 10.6 Å². The maximum atomic E-state index is 12.3. The minimum atomic E-state index is -0.0473. The average molecular weight is 386 g/mol. The van der Waals surface area contributed by atoms with Gasteiger partial charge >= 0.3 is 0 Å². The van der Waals surface area contributed by atoms with Crippen LogP contribution in [-0.2, 0) is 0 Å². The van der Waals surface area contributed by atoms with Gasteiger partial charge in [0, 0.05) is 36.0 Å². The lowest BCUT2D eigenvalue weighted by molar-refractivity contribution is 0.0714. The summed E-state index contributed by atoms with van der Waals surface area (Å²) < 4.78 is 6.19. The minimum Gasteiger partial charge on any atom is -0.459 e. The number of pyridine rings is 1. The van der Waals surface area contributed by atoms with E-state index in [4.69, 9.17) is 9.40 Å². The Bertz CT molecular complexity index is 871. The molecule has 1 aromatic carbocycles. The van der Waals surface area contributed by atoms with Crippen molar-refractivity contribution in [1.29, 1.82) is 0 Å². The molecule has 6 heteroatoms. The third kappa shape index (κ3) is 2.78. The zero-order valence-electron chi connectivity index (χ0n) is 13.0. The lowest BCUT2D eigenvalue weighted by Crippen LogP contribution is -2.49. The number of rotatable bonds is 2. The summed E-state index contributed by atoms with van der Waals surface area (Å²) in [6, 6.07) is 13.6. The normalized spacial score (nSPS) is 15.0. The van der Waals surface area contributed by atoms with E-state index in [0.29, 0.717) is 18.8 Å². The van der Waals surface area contributed by atoms with Gasteiger partial charge in [-0.3, -0.25) is 4.79 Å². The van der Waals surface area contributed by atoms with Crippen molar-refractivity contribution in [2.24, 2.45) is 0 Å². The predicted octanol–water partition coefficient (Wildman–Crippen LogP) is 3.55. The Balaban J connectivity index is 1.50. The van der Waals surface area contributed by atoms with E-state index >= 15 is 0 Å². The number of piperazine rings is 1. The first-order chi connectivity index (χ1) is 11.7. The van der Waals surface area contributed by atoms with Crippen LogP contribution in [0.3, 0.4) is 0 Å². The number of furan rings is 1. The summed E-state index contributed by atoms with van der Waals surface area (Å²) in [5.41, 5.74) is 0.962. The molecule has 3 heterocycles. The number of hydrogen-bond donors (Lipinski definition) is 0. The number of nitrogens with zero attached hydrogens (tertiary/aromatic N) is 3. The average Bonchev–Trinajstić information content (AvgIpc) is 3.16. The number of amides is 1. The molecule has 1 aliphatic rings. The maximum absolute atomic E-state index is 12.3. The van der Waals surface area contributed by atoms with Gasteiger partial charge in [0.2, 0.25) is 0 Å². The predicted molar refractivity (Wildman–Crippen MR) is 96.3 cm³/mol. The van der Waals surface area contributed by atoms with Crippen molar-refractivity contribution in [2.45, 2.75) is 0 Å². The third-order valence-electron chi connectivity index (χ3n) is 4.28. The second-order valence-corrected chi connectivity index (χ2v) is 6.59. The quantitative estimate of drug-likeness (QED) is 0.676. The fourth-order valence-corrected chi connectivity index (χ4v) is 3.44. The van der Waals surface area contributed by atoms with Crippen molar-refractivity contribution in [3.63, 3.8) is 0 Å². The van der Waals surface area contributed by atoms with Gasteiger partial charge in [0.15, 0.2) is 5.76 Å². The van der Waals surface area contributed by atoms with E-state index in [1.165, 1.54) is 6.26 Å². The van der Waals surface area contributed by atoms with Crippen LogP contribution in [0, 0.1) is 0 Å².